The van der Waals surface area contributed by atoms with Crippen LogP contribution in [0.2, 0.25) is 0 Å². The summed E-state index contributed by atoms with van der Waals surface area (Å²) >= 11 is 0. The molecule has 4 rings (SSSR count). The van der Waals surface area contributed by atoms with Gasteiger partial charge in [0.25, 0.3) is 11.5 Å². The third kappa shape index (κ3) is 2.70. The van der Waals surface area contributed by atoms with Gasteiger partial charge in [-0.15, -0.1) is 0 Å². The average molecular weight is 313 g/mol. The molecule has 0 saturated carbocycles. The van der Waals surface area contributed by atoms with Crippen LogP contribution in [0, 0.1) is 0 Å². The first-order chi connectivity index (χ1) is 11.2. The number of aromatic nitrogens is 1. The second-order valence-electron chi connectivity index (χ2n) is 6.27. The topological polar surface area (TPSA) is 78.3 Å². The molecule has 0 aliphatic carbocycles. The number of furan rings is 1. The third-order valence-electron chi connectivity index (χ3n) is 4.74. The van der Waals surface area contributed by atoms with Crippen molar-refractivity contribution in [3.8, 4) is 11.5 Å². The van der Waals surface area contributed by atoms with Gasteiger partial charge in [0, 0.05) is 25.2 Å². The highest BCUT2D eigenvalue weighted by Gasteiger charge is 2.32. The van der Waals surface area contributed by atoms with E-state index in [4.69, 9.17) is 4.42 Å². The summed E-state index contributed by atoms with van der Waals surface area (Å²) in [5.74, 6) is 0.393. The molecule has 2 aliphatic rings. The van der Waals surface area contributed by atoms with Crippen LogP contribution in [0.1, 0.15) is 29.6 Å². The van der Waals surface area contributed by atoms with E-state index in [1.54, 1.807) is 35.4 Å². The van der Waals surface area contributed by atoms with Crippen LogP contribution in [0.3, 0.4) is 0 Å². The van der Waals surface area contributed by atoms with Gasteiger partial charge in [-0.05, 0) is 43.5 Å². The Morgan fingerprint density at radius 1 is 1.17 bits per heavy atom. The molecular weight excluding hydrogens is 294 g/mol. The average Bonchev–Trinajstić information content (AvgIpc) is 3.16. The Labute approximate surface area is 133 Å². The summed E-state index contributed by atoms with van der Waals surface area (Å²) in [5.41, 5.74) is 0.400. The van der Waals surface area contributed by atoms with Gasteiger partial charge in [0.05, 0.1) is 12.0 Å². The highest BCUT2D eigenvalue weighted by atomic mass is 16.3. The summed E-state index contributed by atoms with van der Waals surface area (Å²) in [7, 11) is 0. The molecule has 2 atom stereocenters. The molecule has 2 saturated heterocycles. The maximum Gasteiger partial charge on any atom is 0.261 e. The van der Waals surface area contributed by atoms with E-state index in [2.05, 4.69) is 10.3 Å². The lowest BCUT2D eigenvalue weighted by Crippen LogP contribution is -2.40. The first-order valence-electron chi connectivity index (χ1n) is 8.03. The number of hydrogen-bond donors (Lipinski definition) is 2. The molecule has 2 bridgehead atoms. The van der Waals surface area contributed by atoms with Crippen molar-refractivity contribution in [3.05, 3.63) is 46.4 Å². The summed E-state index contributed by atoms with van der Waals surface area (Å²) in [4.78, 5) is 29.5. The van der Waals surface area contributed by atoms with Crippen LogP contribution in [-0.4, -0.2) is 41.0 Å². The first-order valence-corrected chi connectivity index (χ1v) is 8.03. The largest absolute Gasteiger partial charge is 0.463 e. The van der Waals surface area contributed by atoms with Crippen LogP contribution in [0.15, 0.2) is 39.7 Å². The van der Waals surface area contributed by atoms with E-state index < -0.39 is 0 Å². The summed E-state index contributed by atoms with van der Waals surface area (Å²) in [6.45, 7) is 1.38. The van der Waals surface area contributed by atoms with Crippen molar-refractivity contribution in [1.82, 2.24) is 15.2 Å². The van der Waals surface area contributed by atoms with Crippen LogP contribution >= 0.6 is 0 Å². The van der Waals surface area contributed by atoms with E-state index in [0.29, 0.717) is 36.6 Å². The van der Waals surface area contributed by atoms with Crippen molar-refractivity contribution < 1.29 is 9.21 Å². The van der Waals surface area contributed by atoms with Gasteiger partial charge in [-0.3, -0.25) is 9.59 Å². The number of nitrogens with zero attached hydrogens (tertiary/aromatic N) is 1. The highest BCUT2D eigenvalue weighted by Crippen LogP contribution is 2.21. The zero-order valence-corrected chi connectivity index (χ0v) is 12.7. The normalized spacial score (nSPS) is 23.7. The van der Waals surface area contributed by atoms with Crippen molar-refractivity contribution in [2.45, 2.75) is 31.3 Å². The van der Waals surface area contributed by atoms with Crippen LogP contribution in [0.5, 0.6) is 0 Å². The minimum Gasteiger partial charge on any atom is -0.463 e. The number of fused-ring (bicyclic) bond motifs is 2. The van der Waals surface area contributed by atoms with Gasteiger partial charge in [-0.25, -0.2) is 0 Å². The second-order valence-corrected chi connectivity index (χ2v) is 6.27. The number of H-pyrrole nitrogens is 1. The van der Waals surface area contributed by atoms with E-state index in [0.717, 1.165) is 12.8 Å². The van der Waals surface area contributed by atoms with Crippen molar-refractivity contribution in [1.29, 1.82) is 0 Å². The number of likely N-dealkylation sites (tertiary alicyclic amines) is 1. The fourth-order valence-electron chi connectivity index (χ4n) is 3.52. The maximum absolute atomic E-state index is 12.7. The van der Waals surface area contributed by atoms with Crippen molar-refractivity contribution in [2.75, 3.05) is 13.1 Å². The standard InChI is InChI=1S/C17H19N3O3/c21-16-13(5-6-14(19-16)15-2-1-9-23-15)17(22)20-8-7-11-3-4-12(10-20)18-11/h1-2,5-6,9,11-12,18H,3-4,7-8,10H2,(H,19,21). The summed E-state index contributed by atoms with van der Waals surface area (Å²) in [6, 6.07) is 7.70. The summed E-state index contributed by atoms with van der Waals surface area (Å²) in [5, 5.41) is 3.54. The third-order valence-corrected chi connectivity index (χ3v) is 4.74. The van der Waals surface area contributed by atoms with Gasteiger partial charge in [-0.2, -0.15) is 0 Å². The summed E-state index contributed by atoms with van der Waals surface area (Å²) < 4.78 is 5.27. The van der Waals surface area contributed by atoms with Gasteiger partial charge < -0.3 is 19.6 Å². The fourth-order valence-corrected chi connectivity index (χ4v) is 3.52. The molecule has 2 aromatic heterocycles. The molecule has 2 aliphatic heterocycles. The Bertz CT molecular complexity index is 766. The maximum atomic E-state index is 12.7. The molecule has 0 radical (unpaired) electrons. The van der Waals surface area contributed by atoms with Gasteiger partial charge in [0.15, 0.2) is 0 Å². The Kier molecular flexibility index (Phi) is 3.53. The molecular formula is C17H19N3O3. The molecule has 0 aromatic carbocycles. The number of aromatic amines is 1. The van der Waals surface area contributed by atoms with Crippen LogP contribution in [-0.2, 0) is 0 Å². The zero-order chi connectivity index (χ0) is 15.8. The molecule has 1 amide bonds. The van der Waals surface area contributed by atoms with E-state index >= 15 is 0 Å². The molecule has 120 valence electrons. The van der Waals surface area contributed by atoms with Crippen molar-refractivity contribution >= 4 is 5.91 Å². The monoisotopic (exact) mass is 313 g/mol. The molecule has 4 heterocycles. The Morgan fingerprint density at radius 2 is 2.04 bits per heavy atom. The minimum absolute atomic E-state index is 0.188. The van der Waals surface area contributed by atoms with E-state index in [1.807, 2.05) is 0 Å². The number of rotatable bonds is 2. The lowest BCUT2D eigenvalue weighted by Gasteiger charge is -2.24. The van der Waals surface area contributed by atoms with E-state index in [9.17, 15) is 9.59 Å². The first kappa shape index (κ1) is 14.3. The molecule has 2 N–H and O–H groups in total. The number of pyridine rings is 1. The number of carbonyl (C=O) groups excluding carboxylic acids is 1. The number of hydrogen-bond acceptors (Lipinski definition) is 4. The van der Waals surface area contributed by atoms with Crippen molar-refractivity contribution in [3.63, 3.8) is 0 Å². The molecule has 0 spiro atoms. The van der Waals surface area contributed by atoms with Gasteiger partial charge in [0.2, 0.25) is 0 Å². The predicted molar refractivity (Wildman–Crippen MR) is 85.2 cm³/mol. The van der Waals surface area contributed by atoms with Crippen LogP contribution < -0.4 is 10.9 Å². The van der Waals surface area contributed by atoms with E-state index in [1.165, 1.54) is 6.42 Å². The van der Waals surface area contributed by atoms with Crippen molar-refractivity contribution in [2.24, 2.45) is 0 Å². The lowest BCUT2D eigenvalue weighted by atomic mass is 10.1. The Hall–Kier alpha value is -2.34. The van der Waals surface area contributed by atoms with Gasteiger partial charge in [-0.1, -0.05) is 0 Å². The minimum atomic E-state index is -0.369. The quantitative estimate of drug-likeness (QED) is 0.883. The smallest absolute Gasteiger partial charge is 0.261 e. The Balaban J connectivity index is 1.57. The Morgan fingerprint density at radius 3 is 2.83 bits per heavy atom. The predicted octanol–water partition coefficient (Wildman–Crippen LogP) is 1.60. The zero-order valence-electron chi connectivity index (χ0n) is 12.7. The number of carbonyl (C=O) groups is 1. The molecule has 2 aromatic rings. The fraction of sp³-hybridized carbons (Fsp3) is 0.412. The SMILES string of the molecule is O=C(c1ccc(-c2ccco2)[nH]c1=O)N1CCC2CCC(C1)N2. The van der Waals surface area contributed by atoms with Crippen LogP contribution in [0.25, 0.3) is 11.5 Å². The molecule has 6 heteroatoms. The van der Waals surface area contributed by atoms with Gasteiger partial charge in [0.1, 0.15) is 11.3 Å². The molecule has 2 unspecified atom stereocenters. The lowest BCUT2D eigenvalue weighted by molar-refractivity contribution is 0.0746. The second kappa shape index (κ2) is 5.70. The number of amides is 1. The van der Waals surface area contributed by atoms with E-state index in [-0.39, 0.29) is 17.0 Å². The molecule has 23 heavy (non-hydrogen) atoms. The molecule has 6 nitrogen and oxygen atoms in total. The molecule has 2 fully saturated rings. The number of nitrogens with one attached hydrogen (secondary N) is 2. The summed E-state index contributed by atoms with van der Waals surface area (Å²) in [6.07, 6.45) is 4.78. The van der Waals surface area contributed by atoms with Crippen LogP contribution in [0.4, 0.5) is 0 Å². The highest BCUT2D eigenvalue weighted by molar-refractivity contribution is 5.94. The van der Waals surface area contributed by atoms with Gasteiger partial charge >= 0.3 is 0 Å².